The molecule has 5 nitrogen and oxygen atoms in total. The van der Waals surface area contributed by atoms with E-state index < -0.39 is 11.4 Å². The van der Waals surface area contributed by atoms with Crippen LogP contribution in [-0.2, 0) is 32.6 Å². The maximum Gasteiger partial charge on any atom is 0.324 e. The van der Waals surface area contributed by atoms with Gasteiger partial charge in [0, 0.05) is 16.4 Å². The van der Waals surface area contributed by atoms with E-state index in [2.05, 4.69) is 22.6 Å². The van der Waals surface area contributed by atoms with Crippen LogP contribution in [0.4, 0.5) is 0 Å². The summed E-state index contributed by atoms with van der Waals surface area (Å²) in [6, 6.07) is 11.4. The first kappa shape index (κ1) is 17.3. The summed E-state index contributed by atoms with van der Waals surface area (Å²) in [6.07, 6.45) is 1.21. The molecule has 1 aliphatic carbocycles. The first-order valence-electron chi connectivity index (χ1n) is 8.34. The minimum atomic E-state index is -1.32. The standard InChI is InChI=1S/C20H17IO5/c1-24-19(23)20(14-5-3-2-4-12(14)6-7-18(20)22)10-13-8-16-17(9-15(13)21)26-11-25-16/h2-5,8-9H,6-7,10-11H2,1H3. The Morgan fingerprint density at radius 2 is 1.92 bits per heavy atom. The average Bonchev–Trinajstić information content (AvgIpc) is 3.10. The van der Waals surface area contributed by atoms with Crippen LogP contribution in [0.15, 0.2) is 36.4 Å². The Balaban J connectivity index is 1.87. The lowest BCUT2D eigenvalue weighted by Gasteiger charge is -2.35. The van der Waals surface area contributed by atoms with Gasteiger partial charge in [0.1, 0.15) is 0 Å². The Bertz CT molecular complexity index is 907. The third-order valence-electron chi connectivity index (χ3n) is 5.11. The number of benzene rings is 2. The first-order chi connectivity index (χ1) is 12.6. The fourth-order valence-electron chi connectivity index (χ4n) is 3.81. The van der Waals surface area contributed by atoms with E-state index in [1.54, 1.807) is 0 Å². The van der Waals surface area contributed by atoms with Crippen LogP contribution in [0.1, 0.15) is 23.1 Å². The predicted molar refractivity (Wildman–Crippen MR) is 102 cm³/mol. The molecule has 0 radical (unpaired) electrons. The molecule has 6 heteroatoms. The topological polar surface area (TPSA) is 61.8 Å². The molecular formula is C20H17IO5. The number of fused-ring (bicyclic) bond motifs is 2. The monoisotopic (exact) mass is 464 g/mol. The highest BCUT2D eigenvalue weighted by molar-refractivity contribution is 14.1. The number of halogens is 1. The summed E-state index contributed by atoms with van der Waals surface area (Å²) in [7, 11) is 1.33. The summed E-state index contributed by atoms with van der Waals surface area (Å²) >= 11 is 2.20. The fraction of sp³-hybridized carbons (Fsp3) is 0.300. The zero-order chi connectivity index (χ0) is 18.3. The van der Waals surface area contributed by atoms with Crippen LogP contribution in [0.25, 0.3) is 0 Å². The first-order valence-corrected chi connectivity index (χ1v) is 9.42. The molecule has 1 atom stereocenters. The minimum absolute atomic E-state index is 0.100. The number of rotatable bonds is 3. The van der Waals surface area contributed by atoms with Gasteiger partial charge in [0.25, 0.3) is 0 Å². The van der Waals surface area contributed by atoms with Crippen molar-refractivity contribution < 1.29 is 23.8 Å². The average molecular weight is 464 g/mol. The molecule has 0 saturated heterocycles. The van der Waals surface area contributed by atoms with E-state index in [1.165, 1.54) is 7.11 Å². The van der Waals surface area contributed by atoms with Crippen molar-refractivity contribution in [2.75, 3.05) is 13.9 Å². The molecule has 0 bridgehead atoms. The van der Waals surface area contributed by atoms with Gasteiger partial charge in [-0.3, -0.25) is 9.59 Å². The Morgan fingerprint density at radius 1 is 1.19 bits per heavy atom. The molecular weight excluding hydrogens is 447 g/mol. The summed E-state index contributed by atoms with van der Waals surface area (Å²) in [5, 5.41) is 0. The second-order valence-electron chi connectivity index (χ2n) is 6.45. The van der Waals surface area contributed by atoms with Gasteiger partial charge >= 0.3 is 5.97 Å². The van der Waals surface area contributed by atoms with Crippen molar-refractivity contribution in [3.63, 3.8) is 0 Å². The lowest BCUT2D eigenvalue weighted by molar-refractivity contribution is -0.152. The molecule has 1 heterocycles. The van der Waals surface area contributed by atoms with Crippen LogP contribution < -0.4 is 9.47 Å². The Labute approximate surface area is 164 Å². The number of hydrogen-bond donors (Lipinski definition) is 0. The van der Waals surface area contributed by atoms with E-state index in [9.17, 15) is 9.59 Å². The zero-order valence-corrected chi connectivity index (χ0v) is 16.4. The molecule has 0 aromatic heterocycles. The third-order valence-corrected chi connectivity index (χ3v) is 6.11. The van der Waals surface area contributed by atoms with E-state index >= 15 is 0 Å². The summed E-state index contributed by atoms with van der Waals surface area (Å²) in [6.45, 7) is 0.179. The normalized spacial score (nSPS) is 20.6. The van der Waals surface area contributed by atoms with Crippen molar-refractivity contribution in [1.29, 1.82) is 0 Å². The van der Waals surface area contributed by atoms with Gasteiger partial charge < -0.3 is 14.2 Å². The Hall–Kier alpha value is -2.09. The Kier molecular flexibility index (Phi) is 4.38. The van der Waals surface area contributed by atoms with Gasteiger partial charge in [0.05, 0.1) is 7.11 Å². The van der Waals surface area contributed by atoms with E-state index in [0.29, 0.717) is 24.3 Å². The summed E-state index contributed by atoms with van der Waals surface area (Å²) in [4.78, 5) is 26.0. The number of methoxy groups -OCH3 is 1. The summed E-state index contributed by atoms with van der Waals surface area (Å²) in [5.41, 5.74) is 1.31. The lowest BCUT2D eigenvalue weighted by Crippen LogP contribution is -2.49. The fourth-order valence-corrected chi connectivity index (χ4v) is 4.44. The van der Waals surface area contributed by atoms with Gasteiger partial charge in [-0.2, -0.15) is 0 Å². The SMILES string of the molecule is COC(=O)C1(Cc2cc3c(cc2I)OCO3)C(=O)CCc2ccccc21. The molecule has 26 heavy (non-hydrogen) atoms. The van der Waals surface area contributed by atoms with E-state index in [0.717, 1.165) is 20.3 Å². The molecule has 0 spiro atoms. The highest BCUT2D eigenvalue weighted by atomic mass is 127. The maximum atomic E-state index is 13.1. The van der Waals surface area contributed by atoms with Crippen molar-refractivity contribution in [1.82, 2.24) is 0 Å². The van der Waals surface area contributed by atoms with E-state index in [4.69, 9.17) is 14.2 Å². The van der Waals surface area contributed by atoms with Crippen LogP contribution in [0.5, 0.6) is 11.5 Å². The van der Waals surface area contributed by atoms with Gasteiger partial charge in [0.15, 0.2) is 22.7 Å². The summed E-state index contributed by atoms with van der Waals surface area (Å²) in [5.74, 6) is 0.706. The number of esters is 1. The predicted octanol–water partition coefficient (Wildman–Crippen LogP) is 3.19. The quantitative estimate of drug-likeness (QED) is 0.397. The van der Waals surface area contributed by atoms with Gasteiger partial charge in [0.2, 0.25) is 6.79 Å². The van der Waals surface area contributed by atoms with Crippen molar-refractivity contribution in [3.05, 3.63) is 56.7 Å². The van der Waals surface area contributed by atoms with Gasteiger partial charge in [-0.05, 0) is 57.8 Å². The third kappa shape index (κ3) is 2.58. The highest BCUT2D eigenvalue weighted by Crippen LogP contribution is 2.42. The van der Waals surface area contributed by atoms with E-state index in [-0.39, 0.29) is 19.0 Å². The van der Waals surface area contributed by atoms with Crippen LogP contribution in [0, 0.1) is 3.57 Å². The van der Waals surface area contributed by atoms with Gasteiger partial charge in [-0.1, -0.05) is 24.3 Å². The van der Waals surface area contributed by atoms with Gasteiger partial charge in [-0.25, -0.2) is 0 Å². The van der Waals surface area contributed by atoms with Crippen molar-refractivity contribution in [3.8, 4) is 11.5 Å². The molecule has 2 aromatic rings. The number of ether oxygens (including phenoxy) is 3. The smallest absolute Gasteiger partial charge is 0.324 e. The number of aryl methyl sites for hydroxylation is 1. The number of ketones is 1. The van der Waals surface area contributed by atoms with Crippen molar-refractivity contribution in [2.24, 2.45) is 0 Å². The highest BCUT2D eigenvalue weighted by Gasteiger charge is 2.51. The molecule has 1 aliphatic heterocycles. The molecule has 0 fully saturated rings. The van der Waals surface area contributed by atoms with E-state index in [1.807, 2.05) is 36.4 Å². The van der Waals surface area contributed by atoms with Crippen LogP contribution >= 0.6 is 22.6 Å². The van der Waals surface area contributed by atoms with Gasteiger partial charge in [-0.15, -0.1) is 0 Å². The zero-order valence-electron chi connectivity index (χ0n) is 14.2. The second-order valence-corrected chi connectivity index (χ2v) is 7.61. The number of hydrogen-bond acceptors (Lipinski definition) is 5. The summed E-state index contributed by atoms with van der Waals surface area (Å²) < 4.78 is 16.9. The molecule has 0 amide bonds. The number of carbonyl (C=O) groups excluding carboxylic acids is 2. The molecule has 2 aromatic carbocycles. The molecule has 0 saturated carbocycles. The Morgan fingerprint density at radius 3 is 2.69 bits per heavy atom. The number of carbonyl (C=O) groups is 2. The van der Waals surface area contributed by atoms with Crippen LogP contribution in [0.2, 0.25) is 0 Å². The lowest BCUT2D eigenvalue weighted by atomic mass is 9.66. The largest absolute Gasteiger partial charge is 0.468 e. The van der Waals surface area contributed by atoms with Crippen molar-refractivity contribution in [2.45, 2.75) is 24.7 Å². The minimum Gasteiger partial charge on any atom is -0.468 e. The van der Waals surface area contributed by atoms with Crippen LogP contribution in [0.3, 0.4) is 0 Å². The molecule has 1 unspecified atom stereocenters. The second kappa shape index (κ2) is 6.57. The molecule has 0 N–H and O–H groups in total. The van der Waals surface area contributed by atoms with Crippen LogP contribution in [-0.4, -0.2) is 25.7 Å². The maximum absolute atomic E-state index is 13.1. The molecule has 2 aliphatic rings. The number of Topliss-reactive ketones (excluding diaryl/α,β-unsaturated/α-hetero) is 1. The molecule has 4 rings (SSSR count). The van der Waals surface area contributed by atoms with Crippen molar-refractivity contribution >= 4 is 34.3 Å². The molecule has 134 valence electrons.